The average molecular weight is 362 g/mol. The first-order chi connectivity index (χ1) is 8.28. The van der Waals surface area contributed by atoms with Crippen LogP contribution in [0.2, 0.25) is 0 Å². The van der Waals surface area contributed by atoms with Crippen LogP contribution in [-0.4, -0.2) is 20.9 Å². The summed E-state index contributed by atoms with van der Waals surface area (Å²) in [5, 5.41) is 8.23. The molecule has 0 aliphatic heterocycles. The minimum absolute atomic E-state index is 0.671. The van der Waals surface area contributed by atoms with Gasteiger partial charge in [-0.25, -0.2) is 4.68 Å². The number of hydrogen-bond acceptors (Lipinski definition) is 2. The largest absolute Gasteiger partial charge is 0.248 e. The first-order valence-corrected chi connectivity index (χ1v) is 7.08. The van der Waals surface area contributed by atoms with Crippen molar-refractivity contribution in [2.45, 2.75) is 19.4 Å². The summed E-state index contributed by atoms with van der Waals surface area (Å²) in [6, 6.07) is 8.42. The molecule has 17 heavy (non-hydrogen) atoms. The first-order valence-electron chi connectivity index (χ1n) is 5.47. The summed E-state index contributed by atoms with van der Waals surface area (Å²) in [6.07, 6.45) is 3.84. The Bertz CT molecular complexity index is 467. The van der Waals surface area contributed by atoms with Crippen molar-refractivity contribution in [3.05, 3.63) is 45.3 Å². The molecule has 1 heterocycles. The maximum absolute atomic E-state index is 5.65. The van der Waals surface area contributed by atoms with E-state index in [1.165, 1.54) is 9.13 Å². The Morgan fingerprint density at radius 1 is 1.24 bits per heavy atom. The van der Waals surface area contributed by atoms with Crippen LogP contribution in [0.1, 0.15) is 17.7 Å². The molecule has 2 rings (SSSR count). The topological polar surface area (TPSA) is 30.7 Å². The fourth-order valence-electron chi connectivity index (χ4n) is 1.56. The lowest BCUT2D eigenvalue weighted by molar-refractivity contribution is 0.649. The smallest absolute Gasteiger partial charge is 0.0827 e. The van der Waals surface area contributed by atoms with Gasteiger partial charge >= 0.3 is 0 Å². The summed E-state index contributed by atoms with van der Waals surface area (Å²) < 4.78 is 3.11. The number of aromatic nitrogens is 3. The van der Waals surface area contributed by atoms with E-state index in [-0.39, 0.29) is 0 Å². The van der Waals surface area contributed by atoms with Gasteiger partial charge < -0.3 is 0 Å². The summed E-state index contributed by atoms with van der Waals surface area (Å²) >= 11 is 7.95. The molecule has 1 aromatic heterocycles. The molecule has 0 amide bonds. The standard InChI is InChI=1S/C12H13ClIN3/c13-7-1-2-12-9-17(16-15-12)8-10-3-5-11(14)6-4-10/h3-6,9H,1-2,7-8H2. The molecule has 0 saturated carbocycles. The number of benzene rings is 1. The number of rotatable bonds is 5. The van der Waals surface area contributed by atoms with Gasteiger partial charge in [-0.15, -0.1) is 16.7 Å². The van der Waals surface area contributed by atoms with E-state index in [9.17, 15) is 0 Å². The lowest BCUT2D eigenvalue weighted by Crippen LogP contribution is -2.00. The molecule has 0 bridgehead atoms. The van der Waals surface area contributed by atoms with E-state index in [1.54, 1.807) is 0 Å². The molecule has 0 N–H and O–H groups in total. The molecule has 0 fully saturated rings. The summed E-state index contributed by atoms with van der Waals surface area (Å²) in [5.41, 5.74) is 2.25. The zero-order valence-corrected chi connectivity index (χ0v) is 12.2. The van der Waals surface area contributed by atoms with E-state index in [2.05, 4.69) is 57.2 Å². The van der Waals surface area contributed by atoms with Crippen LogP contribution in [0.25, 0.3) is 0 Å². The summed E-state index contributed by atoms with van der Waals surface area (Å²) in [5.74, 6) is 0.671. The maximum atomic E-state index is 5.65. The van der Waals surface area contributed by atoms with Crippen molar-refractivity contribution >= 4 is 34.2 Å². The van der Waals surface area contributed by atoms with Gasteiger partial charge in [0.2, 0.25) is 0 Å². The quantitative estimate of drug-likeness (QED) is 0.605. The second-order valence-corrected chi connectivity index (χ2v) is 5.45. The SMILES string of the molecule is ClCCCc1cn(Cc2ccc(I)cc2)nn1. The Morgan fingerprint density at radius 3 is 2.71 bits per heavy atom. The van der Waals surface area contributed by atoms with Crippen molar-refractivity contribution in [1.29, 1.82) is 0 Å². The molecule has 0 radical (unpaired) electrons. The highest BCUT2D eigenvalue weighted by Crippen LogP contribution is 2.08. The number of halogens is 2. The Labute approximate surface area is 119 Å². The van der Waals surface area contributed by atoms with Gasteiger partial charge in [-0.2, -0.15) is 0 Å². The van der Waals surface area contributed by atoms with Crippen LogP contribution >= 0.6 is 34.2 Å². The average Bonchev–Trinajstić information content (AvgIpc) is 2.77. The first kappa shape index (κ1) is 12.8. The zero-order chi connectivity index (χ0) is 12.1. The summed E-state index contributed by atoms with van der Waals surface area (Å²) in [7, 11) is 0. The van der Waals surface area contributed by atoms with Gasteiger partial charge in [0.25, 0.3) is 0 Å². The minimum atomic E-state index is 0.671. The molecule has 0 aliphatic carbocycles. The van der Waals surface area contributed by atoms with Crippen LogP contribution in [0, 0.1) is 3.57 Å². The molecular weight excluding hydrogens is 349 g/mol. The minimum Gasteiger partial charge on any atom is -0.248 e. The van der Waals surface area contributed by atoms with Crippen molar-refractivity contribution in [3.8, 4) is 0 Å². The zero-order valence-electron chi connectivity index (χ0n) is 9.31. The Balaban J connectivity index is 1.98. The van der Waals surface area contributed by atoms with Gasteiger partial charge in [0.15, 0.2) is 0 Å². The Morgan fingerprint density at radius 2 is 2.00 bits per heavy atom. The van der Waals surface area contributed by atoms with Crippen molar-refractivity contribution in [1.82, 2.24) is 15.0 Å². The van der Waals surface area contributed by atoms with Gasteiger partial charge in [-0.1, -0.05) is 17.3 Å². The van der Waals surface area contributed by atoms with Gasteiger partial charge in [0, 0.05) is 15.6 Å². The van der Waals surface area contributed by atoms with E-state index in [0.29, 0.717) is 5.88 Å². The molecule has 0 aliphatic rings. The fourth-order valence-corrected chi connectivity index (χ4v) is 2.05. The molecule has 0 saturated heterocycles. The van der Waals surface area contributed by atoms with Crippen LogP contribution in [0.5, 0.6) is 0 Å². The van der Waals surface area contributed by atoms with Crippen molar-refractivity contribution < 1.29 is 0 Å². The van der Waals surface area contributed by atoms with Gasteiger partial charge in [-0.05, 0) is 53.1 Å². The molecule has 5 heteroatoms. The fraction of sp³-hybridized carbons (Fsp3) is 0.333. The predicted octanol–water partition coefficient (Wildman–Crippen LogP) is 3.10. The molecule has 0 spiro atoms. The van der Waals surface area contributed by atoms with Crippen LogP contribution in [-0.2, 0) is 13.0 Å². The summed E-state index contributed by atoms with van der Waals surface area (Å²) in [4.78, 5) is 0. The molecule has 3 nitrogen and oxygen atoms in total. The van der Waals surface area contributed by atoms with E-state index in [4.69, 9.17) is 11.6 Å². The molecule has 0 unspecified atom stereocenters. The van der Waals surface area contributed by atoms with Crippen LogP contribution in [0.4, 0.5) is 0 Å². The van der Waals surface area contributed by atoms with Gasteiger partial charge in [-0.3, -0.25) is 0 Å². The van der Waals surface area contributed by atoms with E-state index in [0.717, 1.165) is 25.1 Å². The van der Waals surface area contributed by atoms with Crippen LogP contribution < -0.4 is 0 Å². The molecule has 2 aromatic rings. The highest BCUT2D eigenvalue weighted by Gasteiger charge is 2.01. The molecular formula is C12H13ClIN3. The van der Waals surface area contributed by atoms with Crippen LogP contribution in [0.15, 0.2) is 30.5 Å². The van der Waals surface area contributed by atoms with Crippen molar-refractivity contribution in [2.24, 2.45) is 0 Å². The monoisotopic (exact) mass is 361 g/mol. The Hall–Kier alpha value is -0.620. The van der Waals surface area contributed by atoms with Crippen molar-refractivity contribution in [3.63, 3.8) is 0 Å². The van der Waals surface area contributed by atoms with Crippen LogP contribution in [0.3, 0.4) is 0 Å². The lowest BCUT2D eigenvalue weighted by atomic mass is 10.2. The number of alkyl halides is 1. The number of aryl methyl sites for hydroxylation is 1. The van der Waals surface area contributed by atoms with Gasteiger partial charge in [0.1, 0.15) is 0 Å². The normalized spacial score (nSPS) is 10.7. The van der Waals surface area contributed by atoms with E-state index in [1.807, 2.05) is 10.9 Å². The second kappa shape index (κ2) is 6.35. The second-order valence-electron chi connectivity index (χ2n) is 3.83. The van der Waals surface area contributed by atoms with E-state index < -0.39 is 0 Å². The lowest BCUT2D eigenvalue weighted by Gasteiger charge is -2.00. The Kier molecular flexibility index (Phi) is 4.79. The summed E-state index contributed by atoms with van der Waals surface area (Å²) in [6.45, 7) is 0.769. The predicted molar refractivity (Wildman–Crippen MR) is 77.3 cm³/mol. The number of nitrogens with zero attached hydrogens (tertiary/aromatic N) is 3. The third kappa shape index (κ3) is 3.96. The maximum Gasteiger partial charge on any atom is 0.0827 e. The third-order valence-corrected chi connectivity index (χ3v) is 3.40. The highest BCUT2D eigenvalue weighted by atomic mass is 127. The highest BCUT2D eigenvalue weighted by molar-refractivity contribution is 14.1. The molecule has 90 valence electrons. The van der Waals surface area contributed by atoms with Gasteiger partial charge in [0.05, 0.1) is 12.2 Å². The third-order valence-electron chi connectivity index (χ3n) is 2.41. The van der Waals surface area contributed by atoms with Crippen molar-refractivity contribution in [2.75, 3.05) is 5.88 Å². The molecule has 0 atom stereocenters. The molecule has 1 aromatic carbocycles. The van der Waals surface area contributed by atoms with E-state index >= 15 is 0 Å². The number of hydrogen-bond donors (Lipinski definition) is 0.